The Morgan fingerprint density at radius 2 is 2.33 bits per heavy atom. The summed E-state index contributed by atoms with van der Waals surface area (Å²) in [6.45, 7) is 0. The summed E-state index contributed by atoms with van der Waals surface area (Å²) in [5.41, 5.74) is 5.83. The van der Waals surface area contributed by atoms with Crippen molar-refractivity contribution in [3.63, 3.8) is 0 Å². The lowest BCUT2D eigenvalue weighted by Crippen LogP contribution is -2.07. The van der Waals surface area contributed by atoms with Gasteiger partial charge in [-0.05, 0) is 6.07 Å². The number of rotatable bonds is 2. The predicted octanol–water partition coefficient (Wildman–Crippen LogP) is -0.0573. The van der Waals surface area contributed by atoms with Gasteiger partial charge in [0, 0.05) is 6.20 Å². The molecular weight excluding hydrogens is 198 g/mol. The third kappa shape index (κ3) is 1.75. The molecule has 0 aliphatic heterocycles. The summed E-state index contributed by atoms with van der Waals surface area (Å²) in [5, 5.41) is 12.6. The van der Waals surface area contributed by atoms with E-state index < -0.39 is 5.97 Å². The number of hydrogen-bond acceptors (Lipinski definition) is 5. The minimum Gasteiger partial charge on any atom is -0.477 e. The van der Waals surface area contributed by atoms with Crippen molar-refractivity contribution in [3.05, 3.63) is 30.4 Å². The summed E-state index contributed by atoms with van der Waals surface area (Å²) in [4.78, 5) is 18.3. The summed E-state index contributed by atoms with van der Waals surface area (Å²) >= 11 is 0. The van der Waals surface area contributed by atoms with Crippen molar-refractivity contribution < 1.29 is 9.90 Å². The van der Waals surface area contributed by atoms with Crippen LogP contribution in [0.4, 0.5) is 5.69 Å². The van der Waals surface area contributed by atoms with Gasteiger partial charge in [0.1, 0.15) is 0 Å². The van der Waals surface area contributed by atoms with E-state index in [1.54, 1.807) is 0 Å². The smallest absolute Gasteiger partial charge is 0.354 e. The molecule has 2 aromatic heterocycles. The quantitative estimate of drug-likeness (QED) is 0.711. The van der Waals surface area contributed by atoms with Crippen LogP contribution in [0.3, 0.4) is 0 Å². The molecule has 0 unspecified atom stereocenters. The molecule has 2 heterocycles. The summed E-state index contributed by atoms with van der Waals surface area (Å²) in [5.74, 6) is -0.939. The van der Waals surface area contributed by atoms with Gasteiger partial charge in [-0.3, -0.25) is 0 Å². The maximum Gasteiger partial charge on any atom is 0.354 e. The molecule has 7 nitrogen and oxygen atoms in total. The van der Waals surface area contributed by atoms with Crippen LogP contribution in [0.5, 0.6) is 0 Å². The third-order valence-corrected chi connectivity index (χ3v) is 1.67. The molecule has 0 bridgehead atoms. The van der Waals surface area contributed by atoms with Gasteiger partial charge in [0.05, 0.1) is 18.1 Å². The van der Waals surface area contributed by atoms with Gasteiger partial charge in [-0.2, -0.15) is 5.10 Å². The molecule has 7 heteroatoms. The highest BCUT2D eigenvalue weighted by Crippen LogP contribution is 2.04. The van der Waals surface area contributed by atoms with E-state index in [4.69, 9.17) is 10.8 Å². The van der Waals surface area contributed by atoms with Gasteiger partial charge >= 0.3 is 5.97 Å². The molecule has 2 aromatic rings. The van der Waals surface area contributed by atoms with E-state index >= 15 is 0 Å². The average molecular weight is 205 g/mol. The molecule has 0 fully saturated rings. The fraction of sp³-hybridized carbons (Fsp3) is 0. The lowest BCUT2D eigenvalue weighted by atomic mass is 10.4. The first-order valence-corrected chi connectivity index (χ1v) is 4.03. The van der Waals surface area contributed by atoms with Gasteiger partial charge in [-0.1, -0.05) is 0 Å². The Kier molecular flexibility index (Phi) is 2.05. The van der Waals surface area contributed by atoms with Gasteiger partial charge in [0.25, 0.3) is 5.95 Å². The largest absolute Gasteiger partial charge is 0.477 e. The SMILES string of the molecule is Nc1cnn(-c2nccc(C(=O)O)n2)c1. The second-order valence-electron chi connectivity index (χ2n) is 2.77. The van der Waals surface area contributed by atoms with Crippen LogP contribution in [-0.4, -0.2) is 30.8 Å². The number of carbonyl (C=O) groups is 1. The second kappa shape index (κ2) is 3.37. The lowest BCUT2D eigenvalue weighted by Gasteiger charge is -1.99. The van der Waals surface area contributed by atoms with Gasteiger partial charge in [-0.25, -0.2) is 19.4 Å². The molecule has 0 saturated carbocycles. The molecule has 3 N–H and O–H groups in total. The van der Waals surface area contributed by atoms with Crippen LogP contribution < -0.4 is 5.73 Å². The van der Waals surface area contributed by atoms with Crippen molar-refractivity contribution in [2.75, 3.05) is 5.73 Å². The van der Waals surface area contributed by atoms with Gasteiger partial charge in [0.15, 0.2) is 5.69 Å². The minimum atomic E-state index is -1.11. The summed E-state index contributed by atoms with van der Waals surface area (Å²) in [7, 11) is 0. The number of carboxylic acid groups (broad SMARTS) is 1. The summed E-state index contributed by atoms with van der Waals surface area (Å²) in [6.07, 6.45) is 4.28. The Hall–Kier alpha value is -2.44. The molecule has 0 radical (unpaired) electrons. The van der Waals surface area contributed by atoms with Gasteiger partial charge in [0.2, 0.25) is 0 Å². The van der Waals surface area contributed by atoms with Gasteiger partial charge < -0.3 is 10.8 Å². The number of anilines is 1. The highest BCUT2D eigenvalue weighted by molar-refractivity contribution is 5.85. The second-order valence-corrected chi connectivity index (χ2v) is 2.77. The van der Waals surface area contributed by atoms with E-state index in [0.29, 0.717) is 5.69 Å². The summed E-state index contributed by atoms with van der Waals surface area (Å²) in [6, 6.07) is 1.30. The van der Waals surface area contributed by atoms with Crippen LogP contribution in [0, 0.1) is 0 Å². The Balaban J connectivity index is 2.45. The Labute approximate surface area is 84.2 Å². The topological polar surface area (TPSA) is 107 Å². The fourth-order valence-corrected chi connectivity index (χ4v) is 1.02. The number of nitrogens with zero attached hydrogens (tertiary/aromatic N) is 4. The van der Waals surface area contributed by atoms with E-state index in [2.05, 4.69) is 15.1 Å². The predicted molar refractivity (Wildman–Crippen MR) is 50.5 cm³/mol. The zero-order chi connectivity index (χ0) is 10.8. The van der Waals surface area contributed by atoms with Crippen molar-refractivity contribution in [1.82, 2.24) is 19.7 Å². The molecule has 0 spiro atoms. The lowest BCUT2D eigenvalue weighted by molar-refractivity contribution is 0.0690. The molecule has 15 heavy (non-hydrogen) atoms. The number of carboxylic acids is 1. The molecule has 76 valence electrons. The summed E-state index contributed by atoms with van der Waals surface area (Å²) < 4.78 is 1.31. The number of nitrogens with two attached hydrogens (primary N) is 1. The van der Waals surface area contributed by atoms with E-state index in [1.165, 1.54) is 29.3 Å². The monoisotopic (exact) mass is 205 g/mol. The maximum atomic E-state index is 10.6. The standard InChI is InChI=1S/C8H7N5O2/c9-5-3-11-13(4-5)8-10-2-1-6(12-8)7(14)15/h1-4H,9H2,(H,14,15). The van der Waals surface area contributed by atoms with Crippen molar-refractivity contribution in [2.24, 2.45) is 0 Å². The number of hydrogen-bond donors (Lipinski definition) is 2. The van der Waals surface area contributed by atoms with Crippen LogP contribution in [-0.2, 0) is 0 Å². The van der Waals surface area contributed by atoms with E-state index in [9.17, 15) is 4.79 Å². The highest BCUT2D eigenvalue weighted by atomic mass is 16.4. The minimum absolute atomic E-state index is 0.0888. The van der Waals surface area contributed by atoms with Crippen LogP contribution in [0.2, 0.25) is 0 Å². The molecular formula is C8H7N5O2. The molecule has 0 aromatic carbocycles. The normalized spacial score (nSPS) is 10.1. The Morgan fingerprint density at radius 3 is 2.93 bits per heavy atom. The Morgan fingerprint density at radius 1 is 1.53 bits per heavy atom. The van der Waals surface area contributed by atoms with Crippen molar-refractivity contribution in [2.45, 2.75) is 0 Å². The van der Waals surface area contributed by atoms with Crippen LogP contribution in [0.15, 0.2) is 24.7 Å². The van der Waals surface area contributed by atoms with Crippen LogP contribution in [0.25, 0.3) is 5.95 Å². The number of aromatic nitrogens is 4. The van der Waals surface area contributed by atoms with Crippen LogP contribution >= 0.6 is 0 Å². The van der Waals surface area contributed by atoms with E-state index in [-0.39, 0.29) is 11.6 Å². The fourth-order valence-electron chi connectivity index (χ4n) is 1.02. The molecule has 0 aliphatic carbocycles. The first kappa shape index (κ1) is 9.13. The average Bonchev–Trinajstić information content (AvgIpc) is 2.65. The third-order valence-electron chi connectivity index (χ3n) is 1.67. The number of aromatic carboxylic acids is 1. The first-order valence-electron chi connectivity index (χ1n) is 4.03. The first-order chi connectivity index (χ1) is 7.16. The van der Waals surface area contributed by atoms with Crippen molar-refractivity contribution in [1.29, 1.82) is 0 Å². The van der Waals surface area contributed by atoms with Gasteiger partial charge in [-0.15, -0.1) is 0 Å². The molecule has 0 atom stereocenters. The van der Waals surface area contributed by atoms with Crippen molar-refractivity contribution >= 4 is 11.7 Å². The maximum absolute atomic E-state index is 10.6. The van der Waals surface area contributed by atoms with Crippen LogP contribution in [0.1, 0.15) is 10.5 Å². The Bertz CT molecular complexity index is 507. The zero-order valence-corrected chi connectivity index (χ0v) is 7.53. The number of nitrogen functional groups attached to an aromatic ring is 1. The van der Waals surface area contributed by atoms with E-state index in [1.807, 2.05) is 0 Å². The molecule has 0 aliphatic rings. The molecule has 2 rings (SSSR count). The molecule has 0 saturated heterocycles. The van der Waals surface area contributed by atoms with Crippen molar-refractivity contribution in [3.8, 4) is 5.95 Å². The zero-order valence-electron chi connectivity index (χ0n) is 7.53. The van der Waals surface area contributed by atoms with E-state index in [0.717, 1.165) is 0 Å². The molecule has 0 amide bonds. The highest BCUT2D eigenvalue weighted by Gasteiger charge is 2.07.